The number of carbonyl (C=O) groups is 1. The molecular formula is C11H20N2O. The van der Waals surface area contributed by atoms with Crippen molar-refractivity contribution in [2.24, 2.45) is 5.92 Å². The quantitative estimate of drug-likeness (QED) is 0.628. The Kier molecular flexibility index (Phi) is 4.14. The molecule has 1 heterocycles. The van der Waals surface area contributed by atoms with Gasteiger partial charge in [0, 0.05) is 20.1 Å². The van der Waals surface area contributed by atoms with Gasteiger partial charge in [0.2, 0.25) is 5.91 Å². The summed E-state index contributed by atoms with van der Waals surface area (Å²) in [5.74, 6) is 0.765. The van der Waals surface area contributed by atoms with E-state index in [1.165, 1.54) is 6.42 Å². The van der Waals surface area contributed by atoms with E-state index >= 15 is 0 Å². The number of carbonyl (C=O) groups excluding carboxylic acids is 1. The average molecular weight is 196 g/mol. The zero-order chi connectivity index (χ0) is 10.6. The predicted molar refractivity (Wildman–Crippen MR) is 58.1 cm³/mol. The van der Waals surface area contributed by atoms with Gasteiger partial charge in [0.25, 0.3) is 0 Å². The van der Waals surface area contributed by atoms with E-state index in [-0.39, 0.29) is 5.91 Å². The van der Waals surface area contributed by atoms with E-state index in [9.17, 15) is 4.79 Å². The molecule has 0 aromatic heterocycles. The fraction of sp³-hybridized carbons (Fsp3) is 0.727. The van der Waals surface area contributed by atoms with Gasteiger partial charge in [-0.3, -0.25) is 4.79 Å². The Balaban J connectivity index is 2.33. The molecule has 1 aliphatic rings. The molecule has 1 saturated heterocycles. The van der Waals surface area contributed by atoms with Crippen molar-refractivity contribution in [3.8, 4) is 0 Å². The van der Waals surface area contributed by atoms with Gasteiger partial charge in [-0.1, -0.05) is 6.08 Å². The highest BCUT2D eigenvalue weighted by Gasteiger charge is 2.21. The van der Waals surface area contributed by atoms with E-state index < -0.39 is 0 Å². The zero-order valence-electron chi connectivity index (χ0n) is 9.36. The lowest BCUT2D eigenvalue weighted by Crippen LogP contribution is -2.31. The standard InChI is InChI=1S/C11H20N2O/c1-4-5-11(14)13(3)9-10-6-7-12(2)8-10/h4-5,10H,6-9H2,1-3H3. The van der Waals surface area contributed by atoms with E-state index in [1.54, 1.807) is 12.2 Å². The van der Waals surface area contributed by atoms with Crippen molar-refractivity contribution in [1.82, 2.24) is 9.80 Å². The van der Waals surface area contributed by atoms with Crippen molar-refractivity contribution in [3.05, 3.63) is 12.2 Å². The topological polar surface area (TPSA) is 23.6 Å². The third-order valence-corrected chi connectivity index (χ3v) is 2.71. The second-order valence-electron chi connectivity index (χ2n) is 4.14. The van der Waals surface area contributed by atoms with Crippen LogP contribution >= 0.6 is 0 Å². The number of nitrogens with zero attached hydrogens (tertiary/aromatic N) is 2. The molecule has 0 N–H and O–H groups in total. The summed E-state index contributed by atoms with van der Waals surface area (Å²) in [6, 6.07) is 0. The van der Waals surface area contributed by atoms with Crippen LogP contribution in [-0.2, 0) is 4.79 Å². The first kappa shape index (κ1) is 11.2. The first-order chi connectivity index (χ1) is 6.63. The van der Waals surface area contributed by atoms with Crippen LogP contribution in [0.3, 0.4) is 0 Å². The summed E-state index contributed by atoms with van der Waals surface area (Å²) in [4.78, 5) is 15.6. The Morgan fingerprint density at radius 3 is 2.86 bits per heavy atom. The van der Waals surface area contributed by atoms with Crippen molar-refractivity contribution < 1.29 is 4.79 Å². The zero-order valence-corrected chi connectivity index (χ0v) is 9.36. The minimum absolute atomic E-state index is 0.113. The van der Waals surface area contributed by atoms with Crippen molar-refractivity contribution in [1.29, 1.82) is 0 Å². The second kappa shape index (κ2) is 5.15. The van der Waals surface area contributed by atoms with Crippen LogP contribution < -0.4 is 0 Å². The Labute approximate surface area is 86.4 Å². The number of likely N-dealkylation sites (tertiary alicyclic amines) is 1. The van der Waals surface area contributed by atoms with Crippen LogP contribution in [0.4, 0.5) is 0 Å². The van der Waals surface area contributed by atoms with Gasteiger partial charge in [0.15, 0.2) is 0 Å². The van der Waals surface area contributed by atoms with Gasteiger partial charge in [-0.15, -0.1) is 0 Å². The molecule has 1 atom stereocenters. The number of rotatable bonds is 3. The number of amides is 1. The molecule has 0 radical (unpaired) electrons. The van der Waals surface area contributed by atoms with Crippen molar-refractivity contribution in [2.45, 2.75) is 13.3 Å². The van der Waals surface area contributed by atoms with Crippen LogP contribution in [0, 0.1) is 5.92 Å². The Morgan fingerprint density at radius 2 is 2.36 bits per heavy atom. The molecule has 1 fully saturated rings. The highest BCUT2D eigenvalue weighted by atomic mass is 16.2. The van der Waals surface area contributed by atoms with Gasteiger partial charge >= 0.3 is 0 Å². The molecule has 1 aliphatic heterocycles. The van der Waals surface area contributed by atoms with Crippen LogP contribution in [0.1, 0.15) is 13.3 Å². The van der Waals surface area contributed by atoms with Crippen LogP contribution in [0.2, 0.25) is 0 Å². The van der Waals surface area contributed by atoms with E-state index in [0.29, 0.717) is 5.92 Å². The molecule has 1 unspecified atom stereocenters. The number of allylic oxidation sites excluding steroid dienone is 1. The molecule has 0 aliphatic carbocycles. The van der Waals surface area contributed by atoms with Crippen molar-refractivity contribution >= 4 is 5.91 Å². The molecule has 1 amide bonds. The summed E-state index contributed by atoms with van der Waals surface area (Å²) < 4.78 is 0. The monoisotopic (exact) mass is 196 g/mol. The maximum absolute atomic E-state index is 11.4. The lowest BCUT2D eigenvalue weighted by Gasteiger charge is -2.19. The SMILES string of the molecule is CC=CC(=O)N(C)CC1CCN(C)C1. The van der Waals surface area contributed by atoms with Crippen LogP contribution in [0.25, 0.3) is 0 Å². The fourth-order valence-corrected chi connectivity index (χ4v) is 1.92. The van der Waals surface area contributed by atoms with Gasteiger partial charge in [-0.25, -0.2) is 0 Å². The minimum Gasteiger partial charge on any atom is -0.342 e. The third-order valence-electron chi connectivity index (χ3n) is 2.71. The van der Waals surface area contributed by atoms with E-state index in [0.717, 1.165) is 19.6 Å². The second-order valence-corrected chi connectivity index (χ2v) is 4.14. The Bertz CT molecular complexity index is 225. The molecule has 0 saturated carbocycles. The maximum Gasteiger partial charge on any atom is 0.245 e. The molecule has 0 bridgehead atoms. The lowest BCUT2D eigenvalue weighted by atomic mass is 10.1. The minimum atomic E-state index is 0.113. The summed E-state index contributed by atoms with van der Waals surface area (Å²) in [5, 5.41) is 0. The normalized spacial score (nSPS) is 23.2. The molecule has 1 rings (SSSR count). The molecule has 80 valence electrons. The smallest absolute Gasteiger partial charge is 0.245 e. The van der Waals surface area contributed by atoms with Gasteiger partial charge in [0.05, 0.1) is 0 Å². The summed E-state index contributed by atoms with van der Waals surface area (Å²) in [5.41, 5.74) is 0. The summed E-state index contributed by atoms with van der Waals surface area (Å²) in [7, 11) is 4.01. The first-order valence-corrected chi connectivity index (χ1v) is 5.19. The number of hydrogen-bond acceptors (Lipinski definition) is 2. The van der Waals surface area contributed by atoms with E-state index in [4.69, 9.17) is 0 Å². The number of hydrogen-bond donors (Lipinski definition) is 0. The average Bonchev–Trinajstić information content (AvgIpc) is 2.51. The van der Waals surface area contributed by atoms with Gasteiger partial charge in [-0.2, -0.15) is 0 Å². The lowest BCUT2D eigenvalue weighted by molar-refractivity contribution is -0.125. The van der Waals surface area contributed by atoms with Crippen molar-refractivity contribution in [2.75, 3.05) is 33.7 Å². The summed E-state index contributed by atoms with van der Waals surface area (Å²) in [6.45, 7) is 5.03. The van der Waals surface area contributed by atoms with Crippen LogP contribution in [0.5, 0.6) is 0 Å². The molecular weight excluding hydrogens is 176 g/mol. The Morgan fingerprint density at radius 1 is 1.64 bits per heavy atom. The third kappa shape index (κ3) is 3.14. The summed E-state index contributed by atoms with van der Waals surface area (Å²) >= 11 is 0. The molecule has 3 nitrogen and oxygen atoms in total. The largest absolute Gasteiger partial charge is 0.342 e. The van der Waals surface area contributed by atoms with Gasteiger partial charge < -0.3 is 9.80 Å². The van der Waals surface area contributed by atoms with Crippen molar-refractivity contribution in [3.63, 3.8) is 0 Å². The van der Waals surface area contributed by atoms with E-state index in [1.807, 2.05) is 18.9 Å². The van der Waals surface area contributed by atoms with Gasteiger partial charge in [0.1, 0.15) is 0 Å². The summed E-state index contributed by atoms with van der Waals surface area (Å²) in [6.07, 6.45) is 4.63. The first-order valence-electron chi connectivity index (χ1n) is 5.19. The van der Waals surface area contributed by atoms with Crippen LogP contribution in [-0.4, -0.2) is 49.4 Å². The van der Waals surface area contributed by atoms with E-state index in [2.05, 4.69) is 11.9 Å². The Hall–Kier alpha value is -0.830. The van der Waals surface area contributed by atoms with Crippen LogP contribution in [0.15, 0.2) is 12.2 Å². The number of likely N-dealkylation sites (N-methyl/N-ethyl adjacent to an activating group) is 1. The highest BCUT2D eigenvalue weighted by Crippen LogP contribution is 2.15. The molecule has 0 aromatic carbocycles. The predicted octanol–water partition coefficient (Wildman–Crippen LogP) is 0.973. The highest BCUT2D eigenvalue weighted by molar-refractivity contribution is 5.87. The molecule has 0 spiro atoms. The fourth-order valence-electron chi connectivity index (χ4n) is 1.92. The molecule has 3 heteroatoms. The molecule has 14 heavy (non-hydrogen) atoms. The van der Waals surface area contributed by atoms with Gasteiger partial charge in [-0.05, 0) is 38.9 Å². The maximum atomic E-state index is 11.4. The molecule has 0 aromatic rings.